The van der Waals surface area contributed by atoms with Crippen LogP contribution in [0.3, 0.4) is 0 Å². The van der Waals surface area contributed by atoms with Gasteiger partial charge in [-0.2, -0.15) is 0 Å². The van der Waals surface area contributed by atoms with E-state index in [4.69, 9.17) is 5.11 Å². The zero-order valence-electron chi connectivity index (χ0n) is 9.85. The first-order valence-corrected chi connectivity index (χ1v) is 5.67. The number of carboxylic acid groups (broad SMARTS) is 1. The highest BCUT2D eigenvalue weighted by atomic mass is 16.4. The van der Waals surface area contributed by atoms with Gasteiger partial charge in [0, 0.05) is 6.54 Å². The summed E-state index contributed by atoms with van der Waals surface area (Å²) in [5.74, 6) is -1.65. The average Bonchev–Trinajstić information content (AvgIpc) is 2.29. The van der Waals surface area contributed by atoms with Crippen molar-refractivity contribution in [1.82, 2.24) is 5.32 Å². The zero-order chi connectivity index (χ0) is 12.7. The fourth-order valence-electron chi connectivity index (χ4n) is 1.69. The van der Waals surface area contributed by atoms with Crippen LogP contribution in [0.25, 0.3) is 0 Å². The Morgan fingerprint density at radius 3 is 2.47 bits per heavy atom. The summed E-state index contributed by atoms with van der Waals surface area (Å²) in [6.07, 6.45) is 0.319. The van der Waals surface area contributed by atoms with Gasteiger partial charge in [-0.25, -0.2) is 0 Å². The maximum Gasteiger partial charge on any atom is 0.304 e. The number of carbonyl (C=O) groups is 2. The Bertz CT molecular complexity index is 376. The largest absolute Gasteiger partial charge is 0.481 e. The fraction of sp³-hybridized carbons (Fsp3) is 0.385. The molecule has 0 spiro atoms. The van der Waals surface area contributed by atoms with Crippen LogP contribution in [0, 0.1) is 5.92 Å². The van der Waals surface area contributed by atoms with Crippen LogP contribution in [0.1, 0.15) is 18.9 Å². The number of benzene rings is 1. The Morgan fingerprint density at radius 1 is 1.29 bits per heavy atom. The van der Waals surface area contributed by atoms with Gasteiger partial charge in [-0.15, -0.1) is 0 Å². The van der Waals surface area contributed by atoms with Crippen LogP contribution < -0.4 is 5.32 Å². The molecule has 0 saturated heterocycles. The fourth-order valence-corrected chi connectivity index (χ4v) is 1.69. The lowest BCUT2D eigenvalue weighted by Gasteiger charge is -2.14. The summed E-state index contributed by atoms with van der Waals surface area (Å²) in [6.45, 7) is 2.34. The first-order chi connectivity index (χ1) is 8.13. The standard InChI is InChI=1S/C13H17NO3/c1-2-14-13(17)11(9-12(15)16)8-10-6-4-3-5-7-10/h3-7,11H,2,8-9H2,1H3,(H,14,17)(H,15,16). The van der Waals surface area contributed by atoms with Gasteiger partial charge in [0.05, 0.1) is 12.3 Å². The smallest absolute Gasteiger partial charge is 0.304 e. The number of hydrogen-bond donors (Lipinski definition) is 2. The van der Waals surface area contributed by atoms with Gasteiger partial charge >= 0.3 is 5.97 Å². The van der Waals surface area contributed by atoms with Crippen molar-refractivity contribution in [2.45, 2.75) is 19.8 Å². The summed E-state index contributed by atoms with van der Waals surface area (Å²) in [5.41, 5.74) is 0.977. The molecule has 4 heteroatoms. The maximum absolute atomic E-state index is 11.7. The third-order valence-electron chi connectivity index (χ3n) is 2.47. The second-order valence-corrected chi connectivity index (χ2v) is 3.88. The van der Waals surface area contributed by atoms with E-state index in [1.165, 1.54) is 0 Å². The lowest BCUT2D eigenvalue weighted by Crippen LogP contribution is -2.33. The minimum Gasteiger partial charge on any atom is -0.481 e. The van der Waals surface area contributed by atoms with Gasteiger partial charge < -0.3 is 10.4 Å². The molecule has 1 aromatic carbocycles. The van der Waals surface area contributed by atoms with Crippen molar-refractivity contribution < 1.29 is 14.7 Å². The third kappa shape index (κ3) is 4.68. The highest BCUT2D eigenvalue weighted by Crippen LogP contribution is 2.12. The Kier molecular flexibility index (Phi) is 5.20. The average molecular weight is 235 g/mol. The van der Waals surface area contributed by atoms with Crippen molar-refractivity contribution >= 4 is 11.9 Å². The van der Waals surface area contributed by atoms with Gasteiger partial charge in [-0.05, 0) is 18.9 Å². The van der Waals surface area contributed by atoms with Gasteiger partial charge in [0.25, 0.3) is 0 Å². The highest BCUT2D eigenvalue weighted by molar-refractivity contribution is 5.83. The van der Waals surface area contributed by atoms with Crippen LogP contribution in [-0.2, 0) is 16.0 Å². The summed E-state index contributed by atoms with van der Waals surface area (Å²) in [5, 5.41) is 11.5. The summed E-state index contributed by atoms with van der Waals surface area (Å²) < 4.78 is 0. The molecular weight excluding hydrogens is 218 g/mol. The molecule has 0 radical (unpaired) electrons. The first-order valence-electron chi connectivity index (χ1n) is 5.67. The van der Waals surface area contributed by atoms with Crippen LogP contribution in [0.2, 0.25) is 0 Å². The molecule has 1 amide bonds. The minimum absolute atomic E-state index is 0.138. The lowest BCUT2D eigenvalue weighted by atomic mass is 9.95. The molecule has 1 rings (SSSR count). The van der Waals surface area contributed by atoms with Crippen molar-refractivity contribution in [2.75, 3.05) is 6.54 Å². The van der Waals surface area contributed by atoms with E-state index in [0.29, 0.717) is 13.0 Å². The molecule has 0 fully saturated rings. The van der Waals surface area contributed by atoms with E-state index in [-0.39, 0.29) is 12.3 Å². The van der Waals surface area contributed by atoms with Crippen LogP contribution >= 0.6 is 0 Å². The van der Waals surface area contributed by atoms with Crippen LogP contribution in [0.5, 0.6) is 0 Å². The summed E-state index contributed by atoms with van der Waals surface area (Å²) >= 11 is 0. The summed E-state index contributed by atoms with van der Waals surface area (Å²) in [6, 6.07) is 9.44. The lowest BCUT2D eigenvalue weighted by molar-refractivity contribution is -0.141. The Hall–Kier alpha value is -1.84. The number of aliphatic carboxylic acids is 1. The molecule has 1 atom stereocenters. The van der Waals surface area contributed by atoms with E-state index in [2.05, 4.69) is 5.32 Å². The summed E-state index contributed by atoms with van der Waals surface area (Å²) in [7, 11) is 0. The Morgan fingerprint density at radius 2 is 1.94 bits per heavy atom. The van der Waals surface area contributed by atoms with Gasteiger partial charge in [-0.3, -0.25) is 9.59 Å². The summed E-state index contributed by atoms with van der Waals surface area (Å²) in [4.78, 5) is 22.4. The van der Waals surface area contributed by atoms with Crippen LogP contribution in [-0.4, -0.2) is 23.5 Å². The van der Waals surface area contributed by atoms with Gasteiger partial charge in [-0.1, -0.05) is 30.3 Å². The molecule has 0 heterocycles. The Balaban J connectivity index is 2.70. The maximum atomic E-state index is 11.7. The second-order valence-electron chi connectivity index (χ2n) is 3.88. The van der Waals surface area contributed by atoms with E-state index in [1.54, 1.807) is 0 Å². The monoisotopic (exact) mass is 235 g/mol. The molecule has 0 aromatic heterocycles. The van der Waals surface area contributed by atoms with Crippen molar-refractivity contribution in [2.24, 2.45) is 5.92 Å². The third-order valence-corrected chi connectivity index (χ3v) is 2.47. The number of carboxylic acids is 1. The quantitative estimate of drug-likeness (QED) is 0.784. The molecule has 0 aliphatic carbocycles. The Labute approximate surface area is 101 Å². The molecule has 17 heavy (non-hydrogen) atoms. The normalized spacial score (nSPS) is 11.8. The number of rotatable bonds is 6. The number of amides is 1. The second kappa shape index (κ2) is 6.68. The van der Waals surface area contributed by atoms with E-state index < -0.39 is 11.9 Å². The minimum atomic E-state index is -0.947. The van der Waals surface area contributed by atoms with E-state index >= 15 is 0 Å². The van der Waals surface area contributed by atoms with Crippen molar-refractivity contribution in [1.29, 1.82) is 0 Å². The predicted molar refractivity (Wildman–Crippen MR) is 64.6 cm³/mol. The first kappa shape index (κ1) is 13.2. The van der Waals surface area contributed by atoms with Crippen molar-refractivity contribution in [3.63, 3.8) is 0 Å². The molecule has 1 aromatic rings. The topological polar surface area (TPSA) is 66.4 Å². The molecule has 0 saturated carbocycles. The molecule has 2 N–H and O–H groups in total. The molecule has 0 aliphatic rings. The number of hydrogen-bond acceptors (Lipinski definition) is 2. The number of carbonyl (C=O) groups excluding carboxylic acids is 1. The van der Waals surface area contributed by atoms with Gasteiger partial charge in [0.2, 0.25) is 5.91 Å². The van der Waals surface area contributed by atoms with Crippen LogP contribution in [0.15, 0.2) is 30.3 Å². The SMILES string of the molecule is CCNC(=O)C(CC(=O)O)Cc1ccccc1. The molecular formula is C13H17NO3. The van der Waals surface area contributed by atoms with E-state index in [1.807, 2.05) is 37.3 Å². The van der Waals surface area contributed by atoms with Gasteiger partial charge in [0.15, 0.2) is 0 Å². The zero-order valence-corrected chi connectivity index (χ0v) is 9.85. The predicted octanol–water partition coefficient (Wildman–Crippen LogP) is 1.46. The molecule has 0 bridgehead atoms. The molecule has 1 unspecified atom stereocenters. The van der Waals surface area contributed by atoms with E-state index in [0.717, 1.165) is 5.56 Å². The molecule has 92 valence electrons. The van der Waals surface area contributed by atoms with Gasteiger partial charge in [0.1, 0.15) is 0 Å². The van der Waals surface area contributed by atoms with E-state index in [9.17, 15) is 9.59 Å². The number of nitrogens with one attached hydrogen (secondary N) is 1. The van der Waals surface area contributed by atoms with Crippen LogP contribution in [0.4, 0.5) is 0 Å². The van der Waals surface area contributed by atoms with Crippen molar-refractivity contribution in [3.05, 3.63) is 35.9 Å². The molecule has 4 nitrogen and oxygen atoms in total. The highest BCUT2D eigenvalue weighted by Gasteiger charge is 2.21. The van der Waals surface area contributed by atoms with Crippen molar-refractivity contribution in [3.8, 4) is 0 Å². The molecule has 0 aliphatic heterocycles.